The lowest BCUT2D eigenvalue weighted by Gasteiger charge is -2.21. The number of aromatic nitrogens is 2. The van der Waals surface area contributed by atoms with E-state index in [-0.39, 0.29) is 31.2 Å². The van der Waals surface area contributed by atoms with Crippen LogP contribution in [0.25, 0.3) is 0 Å². The second-order valence-electron chi connectivity index (χ2n) is 6.81. The van der Waals surface area contributed by atoms with Crippen LogP contribution >= 0.6 is 15.9 Å². The molecule has 3 aromatic rings. The minimum Gasteiger partial charge on any atom is -0.484 e. The van der Waals surface area contributed by atoms with E-state index in [1.165, 1.54) is 4.90 Å². The number of rotatable bonds is 10. The van der Waals surface area contributed by atoms with E-state index in [2.05, 4.69) is 26.1 Å². The molecule has 0 bridgehead atoms. The molecule has 0 aliphatic rings. The molecule has 31 heavy (non-hydrogen) atoms. The van der Waals surface area contributed by atoms with Crippen LogP contribution in [0.15, 0.2) is 59.1 Å². The molecule has 0 fully saturated rings. The summed E-state index contributed by atoms with van der Waals surface area (Å²) in [6, 6.07) is 16.7. The predicted octanol–water partition coefficient (Wildman–Crippen LogP) is 3.23. The average Bonchev–Trinajstić information content (AvgIpc) is 3.18. The van der Waals surface area contributed by atoms with Crippen molar-refractivity contribution in [1.82, 2.24) is 15.1 Å². The lowest BCUT2D eigenvalue weighted by Crippen LogP contribution is -2.31. The predicted molar refractivity (Wildman–Crippen MR) is 116 cm³/mol. The lowest BCUT2D eigenvalue weighted by atomic mass is 10.1. The Bertz CT molecular complexity index is 1020. The van der Waals surface area contributed by atoms with Crippen LogP contribution in [0, 0.1) is 0 Å². The van der Waals surface area contributed by atoms with Crippen molar-refractivity contribution in [2.24, 2.45) is 0 Å². The van der Waals surface area contributed by atoms with Gasteiger partial charge in [0.05, 0.1) is 12.6 Å². The van der Waals surface area contributed by atoms with Crippen molar-refractivity contribution in [3.63, 3.8) is 0 Å². The summed E-state index contributed by atoms with van der Waals surface area (Å²) >= 11 is 3.37. The number of nitrogens with zero attached hydrogens (tertiary/aromatic N) is 2. The molecule has 8 nitrogen and oxygen atoms in total. The summed E-state index contributed by atoms with van der Waals surface area (Å²) in [4.78, 5) is 25.0. The number of carbonyl (C=O) groups excluding carboxylic acids is 2. The third-order valence-corrected chi connectivity index (χ3v) is 5.04. The minimum atomic E-state index is -0.874. The molecular formula is C22H22BrN3O5. The third-order valence-electron chi connectivity index (χ3n) is 4.55. The van der Waals surface area contributed by atoms with Gasteiger partial charge in [-0.15, -0.1) is 0 Å². The van der Waals surface area contributed by atoms with Gasteiger partial charge in [-0.05, 0) is 23.3 Å². The quantitative estimate of drug-likeness (QED) is 0.425. The fourth-order valence-electron chi connectivity index (χ4n) is 2.96. The van der Waals surface area contributed by atoms with Gasteiger partial charge in [0.1, 0.15) is 18.9 Å². The Balaban J connectivity index is 1.76. The molecule has 2 N–H and O–H groups in total. The van der Waals surface area contributed by atoms with Gasteiger partial charge in [-0.1, -0.05) is 58.4 Å². The molecule has 0 saturated carbocycles. The Morgan fingerprint density at radius 2 is 2.00 bits per heavy atom. The number of nitrogens with one attached hydrogen (secondary N) is 1. The van der Waals surface area contributed by atoms with E-state index in [1.807, 2.05) is 42.5 Å². The van der Waals surface area contributed by atoms with Crippen molar-refractivity contribution in [2.45, 2.75) is 19.3 Å². The molecule has 0 saturated heterocycles. The SMILES string of the molecule is CN(CC(O)c1cccc(Br)c1)C(=O)c1[nH]nc(COC=O)c1OCc1ccccc1. The van der Waals surface area contributed by atoms with Crippen molar-refractivity contribution in [1.29, 1.82) is 0 Å². The van der Waals surface area contributed by atoms with E-state index in [0.29, 0.717) is 17.7 Å². The number of ether oxygens (including phenoxy) is 2. The molecule has 0 radical (unpaired) electrons. The van der Waals surface area contributed by atoms with E-state index in [0.717, 1.165) is 10.0 Å². The molecule has 9 heteroatoms. The first-order valence-electron chi connectivity index (χ1n) is 9.47. The van der Waals surface area contributed by atoms with Gasteiger partial charge in [-0.25, -0.2) is 0 Å². The molecule has 162 valence electrons. The number of hydrogen-bond donors (Lipinski definition) is 2. The number of aliphatic hydroxyl groups is 1. The summed E-state index contributed by atoms with van der Waals surface area (Å²) in [5, 5.41) is 17.3. The van der Waals surface area contributed by atoms with E-state index < -0.39 is 12.0 Å². The number of halogens is 1. The Labute approximate surface area is 187 Å². The summed E-state index contributed by atoms with van der Waals surface area (Å²) in [7, 11) is 1.58. The van der Waals surface area contributed by atoms with Gasteiger partial charge >= 0.3 is 0 Å². The molecule has 2 aromatic carbocycles. The monoisotopic (exact) mass is 487 g/mol. The van der Waals surface area contributed by atoms with Gasteiger partial charge in [0.25, 0.3) is 12.4 Å². The third kappa shape index (κ3) is 5.93. The van der Waals surface area contributed by atoms with E-state index >= 15 is 0 Å². The van der Waals surface area contributed by atoms with Gasteiger partial charge < -0.3 is 19.5 Å². The van der Waals surface area contributed by atoms with E-state index in [1.54, 1.807) is 19.2 Å². The number of likely N-dealkylation sites (N-methyl/N-ethyl adjacent to an activating group) is 1. The fraction of sp³-hybridized carbons (Fsp3) is 0.227. The highest BCUT2D eigenvalue weighted by molar-refractivity contribution is 9.10. The number of aliphatic hydroxyl groups excluding tert-OH is 1. The van der Waals surface area contributed by atoms with Crippen molar-refractivity contribution >= 4 is 28.3 Å². The van der Waals surface area contributed by atoms with Gasteiger partial charge in [-0.2, -0.15) is 5.10 Å². The fourth-order valence-corrected chi connectivity index (χ4v) is 3.38. The Morgan fingerprint density at radius 3 is 2.71 bits per heavy atom. The summed E-state index contributed by atoms with van der Waals surface area (Å²) in [6.07, 6.45) is -0.874. The van der Waals surface area contributed by atoms with Crippen LogP contribution in [0.1, 0.15) is 33.4 Å². The van der Waals surface area contributed by atoms with Crippen molar-refractivity contribution in [3.8, 4) is 5.75 Å². The first-order valence-corrected chi connectivity index (χ1v) is 10.3. The maximum atomic E-state index is 13.0. The highest BCUT2D eigenvalue weighted by Gasteiger charge is 2.25. The highest BCUT2D eigenvalue weighted by atomic mass is 79.9. The van der Waals surface area contributed by atoms with Crippen molar-refractivity contribution in [2.75, 3.05) is 13.6 Å². The first-order chi connectivity index (χ1) is 15.0. The molecule has 0 aliphatic carbocycles. The zero-order chi connectivity index (χ0) is 22.2. The smallest absolute Gasteiger partial charge is 0.293 e. The minimum absolute atomic E-state index is 0.0621. The van der Waals surface area contributed by atoms with Crippen LogP contribution in [0.3, 0.4) is 0 Å². The molecule has 1 atom stereocenters. The summed E-state index contributed by atoms with van der Waals surface area (Å²) in [5.74, 6) is -0.207. The van der Waals surface area contributed by atoms with Crippen LogP contribution in [-0.4, -0.2) is 46.2 Å². The van der Waals surface area contributed by atoms with Gasteiger partial charge in [0.2, 0.25) is 0 Å². The molecule has 1 aromatic heterocycles. The van der Waals surface area contributed by atoms with Crippen LogP contribution in [0.5, 0.6) is 5.75 Å². The van der Waals surface area contributed by atoms with Crippen molar-refractivity contribution < 1.29 is 24.2 Å². The van der Waals surface area contributed by atoms with Crippen LogP contribution in [-0.2, 0) is 22.7 Å². The van der Waals surface area contributed by atoms with Crippen LogP contribution in [0.4, 0.5) is 0 Å². The van der Waals surface area contributed by atoms with E-state index in [9.17, 15) is 14.7 Å². The van der Waals surface area contributed by atoms with Gasteiger partial charge in [-0.3, -0.25) is 14.7 Å². The highest BCUT2D eigenvalue weighted by Crippen LogP contribution is 2.26. The Morgan fingerprint density at radius 1 is 1.23 bits per heavy atom. The number of hydrogen-bond acceptors (Lipinski definition) is 6. The molecule has 1 amide bonds. The molecule has 0 spiro atoms. The maximum Gasteiger partial charge on any atom is 0.293 e. The Kier molecular flexibility index (Phi) is 7.80. The summed E-state index contributed by atoms with van der Waals surface area (Å²) in [5.41, 5.74) is 2.00. The van der Waals surface area contributed by atoms with Gasteiger partial charge in [0, 0.05) is 11.5 Å². The maximum absolute atomic E-state index is 13.0. The molecular weight excluding hydrogens is 466 g/mol. The number of benzene rings is 2. The average molecular weight is 488 g/mol. The number of carbonyl (C=O) groups is 2. The number of H-pyrrole nitrogens is 1. The zero-order valence-electron chi connectivity index (χ0n) is 16.8. The number of amides is 1. The topological polar surface area (TPSA) is 105 Å². The zero-order valence-corrected chi connectivity index (χ0v) is 18.4. The molecule has 1 unspecified atom stereocenters. The second kappa shape index (κ2) is 10.7. The summed E-state index contributed by atoms with van der Waals surface area (Å²) < 4.78 is 11.5. The van der Waals surface area contributed by atoms with E-state index in [4.69, 9.17) is 9.47 Å². The summed E-state index contributed by atoms with van der Waals surface area (Å²) in [6.45, 7) is 0.436. The van der Waals surface area contributed by atoms with Crippen molar-refractivity contribution in [3.05, 3.63) is 81.6 Å². The Hall–Kier alpha value is -3.17. The lowest BCUT2D eigenvalue weighted by molar-refractivity contribution is -0.129. The van der Waals surface area contributed by atoms with Crippen LogP contribution in [0.2, 0.25) is 0 Å². The van der Waals surface area contributed by atoms with Gasteiger partial charge in [0.15, 0.2) is 11.4 Å². The molecule has 0 aliphatic heterocycles. The standard InChI is InChI=1S/C22H22BrN3O5/c1-26(11-19(28)16-8-5-9-17(23)10-16)22(29)20-21(18(24-25-20)13-30-14-27)31-12-15-6-3-2-4-7-15/h2-10,14,19,28H,11-13H2,1H3,(H,24,25). The second-order valence-corrected chi connectivity index (χ2v) is 7.73. The largest absolute Gasteiger partial charge is 0.484 e. The molecule has 1 heterocycles. The molecule has 3 rings (SSSR count). The first kappa shape index (κ1) is 22.5. The van der Waals surface area contributed by atoms with Crippen LogP contribution < -0.4 is 4.74 Å². The number of aromatic amines is 1. The normalized spacial score (nSPS) is 11.6.